The van der Waals surface area contributed by atoms with Crippen molar-refractivity contribution in [2.45, 2.75) is 6.42 Å². The zero-order chi connectivity index (χ0) is 20.2. The van der Waals surface area contributed by atoms with Gasteiger partial charge in [0.2, 0.25) is 5.91 Å². The molecule has 0 saturated carbocycles. The van der Waals surface area contributed by atoms with Crippen molar-refractivity contribution < 1.29 is 9.90 Å². The van der Waals surface area contributed by atoms with E-state index >= 15 is 0 Å². The van der Waals surface area contributed by atoms with E-state index in [9.17, 15) is 9.90 Å². The van der Waals surface area contributed by atoms with Crippen LogP contribution in [0.25, 0.3) is 20.7 Å². The lowest BCUT2D eigenvalue weighted by Gasteiger charge is -2.18. The lowest BCUT2D eigenvalue weighted by atomic mass is 10.2. The van der Waals surface area contributed by atoms with Crippen molar-refractivity contribution in [1.82, 2.24) is 9.97 Å². The number of hydrogen-bond donors (Lipinski definition) is 2. The van der Waals surface area contributed by atoms with E-state index in [1.54, 1.807) is 41.9 Å². The number of benzene rings is 2. The minimum Gasteiger partial charge on any atom is -0.508 e. The summed E-state index contributed by atoms with van der Waals surface area (Å²) in [4.78, 5) is 25.2. The fraction of sp³-hybridized carbons (Fsp3) is 0.136. The van der Waals surface area contributed by atoms with Gasteiger partial charge in [0.05, 0.1) is 5.39 Å². The Bertz CT molecular complexity index is 1130. The molecule has 1 amide bonds. The summed E-state index contributed by atoms with van der Waals surface area (Å²) in [6.07, 6.45) is 1.88. The number of hydrogen-bond acceptors (Lipinski definition) is 6. The Morgan fingerprint density at radius 3 is 2.62 bits per heavy atom. The van der Waals surface area contributed by atoms with Gasteiger partial charge in [0.15, 0.2) is 0 Å². The van der Waals surface area contributed by atoms with E-state index in [0.29, 0.717) is 18.7 Å². The molecule has 0 fully saturated rings. The van der Waals surface area contributed by atoms with E-state index in [0.717, 1.165) is 26.5 Å². The summed E-state index contributed by atoms with van der Waals surface area (Å²) in [6, 6.07) is 18.7. The van der Waals surface area contributed by atoms with Crippen molar-refractivity contribution in [3.8, 4) is 16.2 Å². The first-order valence-corrected chi connectivity index (χ1v) is 10.0. The number of phenolic OH excluding ortho intramolecular Hbond substituents is 1. The van der Waals surface area contributed by atoms with Crippen LogP contribution >= 0.6 is 11.3 Å². The van der Waals surface area contributed by atoms with Crippen LogP contribution in [-0.2, 0) is 4.79 Å². The van der Waals surface area contributed by atoms with Crippen molar-refractivity contribution >= 4 is 39.0 Å². The molecule has 0 radical (unpaired) electrons. The quantitative estimate of drug-likeness (QED) is 0.462. The summed E-state index contributed by atoms with van der Waals surface area (Å²) in [6.45, 7) is 0.520. The SMILES string of the molecule is CN(CCC(=O)Nc1ccc(O)cc1)c1ncnc2sc(-c3ccccc3)cc12. The van der Waals surface area contributed by atoms with E-state index in [1.165, 1.54) is 0 Å². The van der Waals surface area contributed by atoms with Crippen LogP contribution in [0, 0.1) is 0 Å². The Balaban J connectivity index is 1.46. The number of amides is 1. The van der Waals surface area contributed by atoms with Gasteiger partial charge < -0.3 is 15.3 Å². The van der Waals surface area contributed by atoms with Crippen LogP contribution in [0.2, 0.25) is 0 Å². The average molecular weight is 404 g/mol. The number of rotatable bonds is 6. The number of aromatic nitrogens is 2. The lowest BCUT2D eigenvalue weighted by Crippen LogP contribution is -2.24. The van der Waals surface area contributed by atoms with Gasteiger partial charge in [0.1, 0.15) is 22.7 Å². The summed E-state index contributed by atoms with van der Waals surface area (Å²) < 4.78 is 0. The van der Waals surface area contributed by atoms with Gasteiger partial charge in [0, 0.05) is 30.6 Å². The molecule has 0 atom stereocenters. The average Bonchev–Trinajstić information content (AvgIpc) is 3.19. The van der Waals surface area contributed by atoms with Crippen LogP contribution < -0.4 is 10.2 Å². The molecule has 4 rings (SSSR count). The molecule has 2 heterocycles. The highest BCUT2D eigenvalue weighted by Crippen LogP contribution is 2.35. The molecule has 2 aromatic heterocycles. The molecule has 0 aliphatic rings. The molecular formula is C22H20N4O2S. The molecule has 6 nitrogen and oxygen atoms in total. The third-order valence-electron chi connectivity index (χ3n) is 4.55. The van der Waals surface area contributed by atoms with Crippen molar-refractivity contribution in [3.05, 3.63) is 67.0 Å². The molecule has 0 spiro atoms. The van der Waals surface area contributed by atoms with Gasteiger partial charge >= 0.3 is 0 Å². The van der Waals surface area contributed by atoms with E-state index in [4.69, 9.17) is 0 Å². The summed E-state index contributed by atoms with van der Waals surface area (Å²) in [5.74, 6) is 0.884. The smallest absolute Gasteiger partial charge is 0.226 e. The second-order valence-corrected chi connectivity index (χ2v) is 7.69. The van der Waals surface area contributed by atoms with Gasteiger partial charge in [-0.25, -0.2) is 9.97 Å². The number of nitrogens with zero attached hydrogens (tertiary/aromatic N) is 3. The highest BCUT2D eigenvalue weighted by atomic mass is 32.1. The minimum absolute atomic E-state index is 0.0943. The Kier molecular flexibility index (Phi) is 5.39. The molecule has 4 aromatic rings. The van der Waals surface area contributed by atoms with Crippen LogP contribution in [0.5, 0.6) is 5.75 Å². The van der Waals surface area contributed by atoms with E-state index in [2.05, 4.69) is 33.5 Å². The lowest BCUT2D eigenvalue weighted by molar-refractivity contribution is -0.116. The third-order valence-corrected chi connectivity index (χ3v) is 5.65. The Morgan fingerprint density at radius 1 is 1.10 bits per heavy atom. The summed E-state index contributed by atoms with van der Waals surface area (Å²) >= 11 is 1.63. The number of nitrogens with one attached hydrogen (secondary N) is 1. The Morgan fingerprint density at radius 2 is 1.86 bits per heavy atom. The molecular weight excluding hydrogens is 384 g/mol. The fourth-order valence-corrected chi connectivity index (χ4v) is 4.03. The van der Waals surface area contributed by atoms with Gasteiger partial charge in [-0.15, -0.1) is 11.3 Å². The number of thiophene rings is 1. The molecule has 0 unspecified atom stereocenters. The number of anilines is 2. The first-order valence-electron chi connectivity index (χ1n) is 9.20. The van der Waals surface area contributed by atoms with E-state index < -0.39 is 0 Å². The number of aromatic hydroxyl groups is 1. The van der Waals surface area contributed by atoms with Gasteiger partial charge in [-0.3, -0.25) is 4.79 Å². The first-order chi connectivity index (χ1) is 14.1. The van der Waals surface area contributed by atoms with Crippen molar-refractivity contribution in [3.63, 3.8) is 0 Å². The molecule has 0 aliphatic heterocycles. The zero-order valence-electron chi connectivity index (χ0n) is 15.9. The van der Waals surface area contributed by atoms with Crippen LogP contribution in [0.1, 0.15) is 6.42 Å². The van der Waals surface area contributed by atoms with Gasteiger partial charge in [0.25, 0.3) is 0 Å². The van der Waals surface area contributed by atoms with Crippen molar-refractivity contribution in [1.29, 1.82) is 0 Å². The maximum absolute atomic E-state index is 12.3. The molecule has 0 aliphatic carbocycles. The summed E-state index contributed by atoms with van der Waals surface area (Å²) in [5.41, 5.74) is 1.81. The third kappa shape index (κ3) is 4.35. The second-order valence-electron chi connectivity index (χ2n) is 6.66. The Labute approximate surface area is 172 Å². The number of phenols is 1. The van der Waals surface area contributed by atoms with Crippen molar-refractivity contribution in [2.24, 2.45) is 0 Å². The molecule has 7 heteroatoms. The molecule has 0 bridgehead atoms. The Hall–Kier alpha value is -3.45. The standard InChI is InChI=1S/C22H20N4O2S/c1-26(12-11-20(28)25-16-7-9-17(27)10-8-16)21-18-13-19(15-5-3-2-4-6-15)29-22(18)24-14-23-21/h2-10,13-14,27H,11-12H2,1H3,(H,25,28). The second kappa shape index (κ2) is 8.28. The van der Waals surface area contributed by atoms with Crippen LogP contribution in [0.15, 0.2) is 67.0 Å². The predicted octanol–water partition coefficient (Wildman–Crippen LogP) is 4.53. The minimum atomic E-state index is -0.0943. The number of fused-ring (bicyclic) bond motifs is 1. The molecule has 0 saturated heterocycles. The maximum atomic E-state index is 12.3. The number of carbonyl (C=O) groups is 1. The first kappa shape index (κ1) is 18.9. The normalized spacial score (nSPS) is 10.8. The highest BCUT2D eigenvalue weighted by Gasteiger charge is 2.14. The van der Waals surface area contributed by atoms with Crippen LogP contribution in [0.4, 0.5) is 11.5 Å². The van der Waals surface area contributed by atoms with Crippen molar-refractivity contribution in [2.75, 3.05) is 23.8 Å². The summed E-state index contributed by atoms with van der Waals surface area (Å²) in [7, 11) is 1.93. The predicted molar refractivity (Wildman–Crippen MR) is 117 cm³/mol. The monoisotopic (exact) mass is 404 g/mol. The molecule has 2 N–H and O–H groups in total. The largest absolute Gasteiger partial charge is 0.508 e. The summed E-state index contributed by atoms with van der Waals surface area (Å²) in [5, 5.41) is 13.1. The number of carbonyl (C=O) groups excluding carboxylic acids is 1. The maximum Gasteiger partial charge on any atom is 0.226 e. The van der Waals surface area contributed by atoms with Gasteiger partial charge in [-0.05, 0) is 35.9 Å². The molecule has 2 aromatic carbocycles. The highest BCUT2D eigenvalue weighted by molar-refractivity contribution is 7.21. The fourth-order valence-electron chi connectivity index (χ4n) is 3.04. The topological polar surface area (TPSA) is 78.4 Å². The van der Waals surface area contributed by atoms with Crippen LogP contribution in [0.3, 0.4) is 0 Å². The zero-order valence-corrected chi connectivity index (χ0v) is 16.7. The van der Waals surface area contributed by atoms with E-state index in [-0.39, 0.29) is 11.7 Å². The van der Waals surface area contributed by atoms with Gasteiger partial charge in [-0.2, -0.15) is 0 Å². The van der Waals surface area contributed by atoms with Gasteiger partial charge in [-0.1, -0.05) is 30.3 Å². The molecule has 29 heavy (non-hydrogen) atoms. The molecule has 146 valence electrons. The van der Waals surface area contributed by atoms with Crippen LogP contribution in [-0.4, -0.2) is 34.6 Å². The van der Waals surface area contributed by atoms with E-state index in [1.807, 2.05) is 30.1 Å².